The number of nitrogens with one attached hydrogen (secondary N) is 2. The Labute approximate surface area is 309 Å². The van der Waals surface area contributed by atoms with E-state index in [0.717, 1.165) is 77.5 Å². The molecule has 4 N–H and O–H groups in total. The number of carbonyl (C=O) groups is 2. The fourth-order valence-electron chi connectivity index (χ4n) is 8.42. The molecule has 10 nitrogen and oxygen atoms in total. The van der Waals surface area contributed by atoms with E-state index < -0.39 is 23.8 Å². The summed E-state index contributed by atoms with van der Waals surface area (Å²) in [6, 6.07) is 21.5. The van der Waals surface area contributed by atoms with Gasteiger partial charge in [0, 0.05) is 62.2 Å². The highest BCUT2D eigenvalue weighted by Crippen LogP contribution is 2.28. The molecule has 2 aliphatic rings. The Bertz CT molecular complexity index is 1930. The van der Waals surface area contributed by atoms with Crippen LogP contribution in [0.5, 0.6) is 5.75 Å². The first-order chi connectivity index (χ1) is 25.7. The average Bonchev–Trinajstić information content (AvgIpc) is 3.98. The zero-order chi connectivity index (χ0) is 36.9. The molecule has 0 bridgehead atoms. The van der Waals surface area contributed by atoms with E-state index in [4.69, 9.17) is 4.74 Å². The van der Waals surface area contributed by atoms with E-state index in [1.807, 2.05) is 6.07 Å². The fraction of sp³-hybridized carbons (Fsp3) is 0.429. The minimum absolute atomic E-state index is 0.130. The van der Waals surface area contributed by atoms with Gasteiger partial charge in [0.1, 0.15) is 11.6 Å². The third kappa shape index (κ3) is 8.75. The van der Waals surface area contributed by atoms with Crippen LogP contribution in [0.2, 0.25) is 0 Å². The summed E-state index contributed by atoms with van der Waals surface area (Å²) >= 11 is 0. The zero-order valence-electron chi connectivity index (χ0n) is 30.3. The van der Waals surface area contributed by atoms with Crippen LogP contribution < -0.4 is 15.4 Å². The summed E-state index contributed by atoms with van der Waals surface area (Å²) < 4.78 is 24.4. The molecule has 2 aliphatic heterocycles. The van der Waals surface area contributed by atoms with Gasteiger partial charge in [-0.1, -0.05) is 24.3 Å². The Morgan fingerprint density at radius 1 is 0.774 bits per heavy atom. The summed E-state index contributed by atoms with van der Waals surface area (Å²) in [7, 11) is 1.54. The molecule has 2 saturated heterocycles. The Kier molecular flexibility index (Phi) is 11.4. The first-order valence-electron chi connectivity index (χ1n) is 18.8. The van der Waals surface area contributed by atoms with Gasteiger partial charge in [0.25, 0.3) is 0 Å². The van der Waals surface area contributed by atoms with Crippen LogP contribution in [0.3, 0.4) is 0 Å². The topological polar surface area (TPSA) is 121 Å². The number of hydrogen-bond donors (Lipinski definition) is 4. The van der Waals surface area contributed by atoms with Crippen molar-refractivity contribution in [1.82, 2.24) is 24.7 Å². The van der Waals surface area contributed by atoms with Gasteiger partial charge in [0.05, 0.1) is 18.9 Å². The van der Waals surface area contributed by atoms with E-state index in [1.54, 1.807) is 13.2 Å². The molecule has 5 aromatic rings. The van der Waals surface area contributed by atoms with Gasteiger partial charge >= 0.3 is 11.9 Å². The lowest BCUT2D eigenvalue weighted by Gasteiger charge is -2.24. The van der Waals surface area contributed by atoms with E-state index in [1.165, 1.54) is 6.07 Å². The summed E-state index contributed by atoms with van der Waals surface area (Å²) in [5.74, 6) is -1.92. The maximum absolute atomic E-state index is 14.6. The monoisotopic (exact) mass is 723 g/mol. The molecule has 0 saturated carbocycles. The summed E-state index contributed by atoms with van der Waals surface area (Å²) in [5, 5.41) is 28.9. The Hall–Kier alpha value is -4.71. The molecule has 2 aromatic heterocycles. The molecule has 0 radical (unpaired) electrons. The Morgan fingerprint density at radius 2 is 1.30 bits per heavy atom. The van der Waals surface area contributed by atoms with Crippen molar-refractivity contribution in [3.63, 3.8) is 0 Å². The summed E-state index contributed by atoms with van der Waals surface area (Å²) in [6.45, 7) is 6.50. The van der Waals surface area contributed by atoms with Gasteiger partial charge in [-0.3, -0.25) is 14.5 Å². The number of methoxy groups -OCH3 is 1. The Morgan fingerprint density at radius 3 is 1.75 bits per heavy atom. The summed E-state index contributed by atoms with van der Waals surface area (Å²) in [6.07, 6.45) is 6.92. The van der Waals surface area contributed by atoms with Crippen LogP contribution in [0, 0.1) is 29.5 Å². The van der Waals surface area contributed by atoms with Gasteiger partial charge in [0.15, 0.2) is 0 Å². The minimum Gasteiger partial charge on any atom is -0.497 e. The van der Waals surface area contributed by atoms with E-state index in [9.17, 15) is 24.2 Å². The number of halogens is 1. The highest BCUT2D eigenvalue weighted by Gasteiger charge is 2.32. The van der Waals surface area contributed by atoms with Crippen molar-refractivity contribution >= 4 is 33.7 Å². The highest BCUT2D eigenvalue weighted by molar-refractivity contribution is 5.82. The molecule has 7 rings (SSSR count). The largest absolute Gasteiger partial charge is 0.497 e. The van der Waals surface area contributed by atoms with Gasteiger partial charge in [-0.05, 0) is 128 Å². The third-order valence-electron chi connectivity index (χ3n) is 11.4. The number of aromatic nitrogens is 2. The normalized spacial score (nSPS) is 18.6. The zero-order valence-corrected chi connectivity index (χ0v) is 30.3. The quantitative estimate of drug-likeness (QED) is 0.0972. The second-order valence-corrected chi connectivity index (χ2v) is 14.9. The molecule has 0 amide bonds. The van der Waals surface area contributed by atoms with Crippen molar-refractivity contribution in [2.45, 2.75) is 45.3 Å². The minimum atomic E-state index is -0.739. The van der Waals surface area contributed by atoms with Crippen molar-refractivity contribution in [2.75, 3.05) is 46.4 Å². The van der Waals surface area contributed by atoms with Crippen molar-refractivity contribution in [3.05, 3.63) is 102 Å². The average molecular weight is 724 g/mol. The molecule has 0 unspecified atom stereocenters. The number of nitrogens with zero attached hydrogens (tertiary/aromatic N) is 3. The number of benzene rings is 3. The predicted molar refractivity (Wildman–Crippen MR) is 204 cm³/mol. The van der Waals surface area contributed by atoms with Crippen LogP contribution in [0.1, 0.15) is 29.5 Å². The van der Waals surface area contributed by atoms with Crippen molar-refractivity contribution < 1.29 is 28.9 Å². The lowest BCUT2D eigenvalue weighted by Crippen LogP contribution is -2.30. The predicted octanol–water partition coefficient (Wildman–Crippen LogP) is 5.65. The number of carboxylic acids is 2. The molecular weight excluding hydrogens is 673 g/mol. The van der Waals surface area contributed by atoms with E-state index >= 15 is 0 Å². The number of hydrogen-bond acceptors (Lipinski definition) is 6. The molecule has 3 aromatic carbocycles. The van der Waals surface area contributed by atoms with E-state index in [-0.39, 0.29) is 17.7 Å². The van der Waals surface area contributed by atoms with Crippen LogP contribution in [0.25, 0.3) is 21.8 Å². The molecule has 4 heterocycles. The third-order valence-corrected chi connectivity index (χ3v) is 11.4. The number of carboxylic acid groups (broad SMARTS) is 2. The Balaban J connectivity index is 1.09. The summed E-state index contributed by atoms with van der Waals surface area (Å²) in [4.78, 5) is 26.8. The standard InChI is InChI=1S/C42H50FN5O5/c1-53-36-19-30(18-35(43)24-36)27-46(14-16-47-12-8-31-4-2-28(22-39(31)47)20-37(41(49)50)33-6-10-44-25-33)15-17-48-13-9-32-5-3-29(23-40(32)48)21-38(42(51)52)34-7-11-45-26-34/h2-5,8-9,12-13,18-19,22-24,33-34,37-38,44-45H,6-7,10-11,14-17,20-21,25-27H2,1H3,(H,49,50)(H,51,52)/t33-,34-,37-,38-/m0/s1. The van der Waals surface area contributed by atoms with Crippen LogP contribution in [-0.2, 0) is 42.1 Å². The lowest BCUT2D eigenvalue weighted by atomic mass is 9.86. The second-order valence-electron chi connectivity index (χ2n) is 14.9. The maximum atomic E-state index is 14.6. The van der Waals surface area contributed by atoms with Crippen LogP contribution in [0.4, 0.5) is 4.39 Å². The second kappa shape index (κ2) is 16.5. The van der Waals surface area contributed by atoms with E-state index in [2.05, 4.69) is 85.6 Å². The molecule has 0 spiro atoms. The lowest BCUT2D eigenvalue weighted by molar-refractivity contribution is -0.144. The van der Waals surface area contributed by atoms with Gasteiger partial charge in [-0.2, -0.15) is 0 Å². The number of fused-ring (bicyclic) bond motifs is 2. The van der Waals surface area contributed by atoms with Crippen LogP contribution >= 0.6 is 0 Å². The maximum Gasteiger partial charge on any atom is 0.307 e. The molecule has 4 atom stereocenters. The smallest absolute Gasteiger partial charge is 0.307 e. The molecule has 11 heteroatoms. The van der Waals surface area contributed by atoms with Crippen LogP contribution in [0.15, 0.2) is 79.1 Å². The van der Waals surface area contributed by atoms with Crippen molar-refractivity contribution in [2.24, 2.45) is 23.7 Å². The van der Waals surface area contributed by atoms with Gasteiger partial charge in [-0.15, -0.1) is 0 Å². The molecule has 280 valence electrons. The van der Waals surface area contributed by atoms with Crippen molar-refractivity contribution in [3.8, 4) is 5.75 Å². The van der Waals surface area contributed by atoms with Crippen molar-refractivity contribution in [1.29, 1.82) is 0 Å². The van der Waals surface area contributed by atoms with Gasteiger partial charge in [0.2, 0.25) is 0 Å². The number of rotatable bonds is 17. The SMILES string of the molecule is COc1cc(F)cc(CN(CCn2ccc3ccc(C[C@H](C(=O)O)[C@H]4CCNC4)cc32)CCn2ccc3ccc(C[C@H](C(=O)O)[C@H]4CCNC4)cc32)c1. The van der Waals surface area contributed by atoms with Crippen LogP contribution in [-0.4, -0.2) is 82.6 Å². The van der Waals surface area contributed by atoms with E-state index in [0.29, 0.717) is 51.3 Å². The first kappa shape index (κ1) is 36.6. The molecule has 2 fully saturated rings. The first-order valence-corrected chi connectivity index (χ1v) is 18.8. The fourth-order valence-corrected chi connectivity index (χ4v) is 8.42. The van der Waals surface area contributed by atoms with Gasteiger partial charge < -0.3 is 34.7 Å². The molecular formula is C42H50FN5O5. The number of aliphatic carboxylic acids is 2. The molecule has 53 heavy (non-hydrogen) atoms. The highest BCUT2D eigenvalue weighted by atomic mass is 19.1. The van der Waals surface area contributed by atoms with Gasteiger partial charge in [-0.25, -0.2) is 4.39 Å². The number of ether oxygens (including phenoxy) is 1. The molecule has 0 aliphatic carbocycles. The summed E-state index contributed by atoms with van der Waals surface area (Å²) in [5.41, 5.74) is 5.01.